The Hall–Kier alpha value is -3.01. The van der Waals surface area contributed by atoms with Crippen LogP contribution in [-0.4, -0.2) is 72.2 Å². The van der Waals surface area contributed by atoms with Crippen LogP contribution in [0, 0.1) is 6.92 Å². The van der Waals surface area contributed by atoms with Gasteiger partial charge in [0.25, 0.3) is 0 Å². The molecule has 9 nitrogen and oxygen atoms in total. The zero-order valence-electron chi connectivity index (χ0n) is 19.0. The first-order valence-electron chi connectivity index (χ1n) is 10.9. The fraction of sp³-hybridized carbons (Fsp3) is 0.391. The molecule has 1 atom stereocenters. The highest BCUT2D eigenvalue weighted by molar-refractivity contribution is 6.21. The van der Waals surface area contributed by atoms with Gasteiger partial charge in [0.2, 0.25) is 11.9 Å². The van der Waals surface area contributed by atoms with E-state index in [9.17, 15) is 9.90 Å². The molecule has 1 amide bonds. The SMILES string of the molecule is Cc1ncc(-c2ccnc(N(c3ccccc3)N3CCN(C(=O)CO)C(Cl)C3)n2)n1C(C)C. The number of hydrogen-bond acceptors (Lipinski definition) is 7. The molecule has 4 rings (SSSR count). The Morgan fingerprint density at radius 1 is 1.21 bits per heavy atom. The molecule has 1 unspecified atom stereocenters. The number of carbonyl (C=O) groups is 1. The van der Waals surface area contributed by atoms with E-state index < -0.39 is 12.1 Å². The number of rotatable bonds is 6. The molecule has 33 heavy (non-hydrogen) atoms. The molecule has 1 N–H and O–H groups in total. The number of aliphatic hydroxyl groups is 1. The summed E-state index contributed by atoms with van der Waals surface area (Å²) in [6.07, 6.45) is 3.58. The number of imidazole rings is 1. The van der Waals surface area contributed by atoms with Crippen LogP contribution in [0.4, 0.5) is 11.6 Å². The van der Waals surface area contributed by atoms with E-state index in [-0.39, 0.29) is 11.9 Å². The molecular formula is C23H28ClN7O2. The number of piperazine rings is 1. The Bertz CT molecular complexity index is 1110. The number of benzene rings is 1. The Morgan fingerprint density at radius 2 is 1.97 bits per heavy atom. The Morgan fingerprint density at radius 3 is 2.64 bits per heavy atom. The average Bonchev–Trinajstić information content (AvgIpc) is 3.21. The Kier molecular flexibility index (Phi) is 6.92. The van der Waals surface area contributed by atoms with Gasteiger partial charge in [-0.1, -0.05) is 29.8 Å². The maximum atomic E-state index is 12.0. The van der Waals surface area contributed by atoms with Gasteiger partial charge in [0.15, 0.2) is 0 Å². The van der Waals surface area contributed by atoms with Crippen LogP contribution in [0.25, 0.3) is 11.4 Å². The van der Waals surface area contributed by atoms with E-state index >= 15 is 0 Å². The Labute approximate surface area is 198 Å². The van der Waals surface area contributed by atoms with Crippen LogP contribution in [0.1, 0.15) is 25.7 Å². The molecule has 2 aromatic heterocycles. The molecule has 1 saturated heterocycles. The van der Waals surface area contributed by atoms with Crippen molar-refractivity contribution in [3.05, 3.63) is 54.6 Å². The van der Waals surface area contributed by atoms with Gasteiger partial charge in [-0.15, -0.1) is 0 Å². The minimum atomic E-state index is -0.585. The summed E-state index contributed by atoms with van der Waals surface area (Å²) in [5.41, 5.74) is 1.99. The third-order valence-electron chi connectivity index (χ3n) is 5.63. The molecule has 3 heterocycles. The molecule has 1 fully saturated rings. The summed E-state index contributed by atoms with van der Waals surface area (Å²) >= 11 is 6.53. The second kappa shape index (κ2) is 9.86. The second-order valence-electron chi connectivity index (χ2n) is 8.14. The molecule has 0 radical (unpaired) electrons. The normalized spacial score (nSPS) is 16.9. The molecule has 3 aromatic rings. The first kappa shape index (κ1) is 23.2. The van der Waals surface area contributed by atoms with Crippen molar-refractivity contribution >= 4 is 29.1 Å². The number of hydrazine groups is 1. The van der Waals surface area contributed by atoms with Crippen molar-refractivity contribution in [2.45, 2.75) is 32.3 Å². The summed E-state index contributed by atoms with van der Waals surface area (Å²) in [4.78, 5) is 27.5. The lowest BCUT2D eigenvalue weighted by molar-refractivity contribution is -0.137. The predicted molar refractivity (Wildman–Crippen MR) is 127 cm³/mol. The van der Waals surface area contributed by atoms with Crippen molar-refractivity contribution in [3.63, 3.8) is 0 Å². The van der Waals surface area contributed by atoms with Crippen LogP contribution < -0.4 is 5.01 Å². The predicted octanol–water partition coefficient (Wildman–Crippen LogP) is 2.98. The fourth-order valence-corrected chi connectivity index (χ4v) is 4.51. The lowest BCUT2D eigenvalue weighted by Gasteiger charge is -2.43. The smallest absolute Gasteiger partial charge is 0.249 e. The summed E-state index contributed by atoms with van der Waals surface area (Å²) in [7, 11) is 0. The average molecular weight is 470 g/mol. The van der Waals surface area contributed by atoms with Crippen molar-refractivity contribution in [2.75, 3.05) is 31.3 Å². The van der Waals surface area contributed by atoms with E-state index in [0.29, 0.717) is 25.6 Å². The zero-order chi connectivity index (χ0) is 23.5. The van der Waals surface area contributed by atoms with E-state index in [1.165, 1.54) is 4.90 Å². The second-order valence-corrected chi connectivity index (χ2v) is 8.64. The number of anilines is 2. The maximum absolute atomic E-state index is 12.0. The fourth-order valence-electron chi connectivity index (χ4n) is 4.14. The molecule has 0 aliphatic carbocycles. The minimum absolute atomic E-state index is 0.236. The quantitative estimate of drug-likeness (QED) is 0.438. The maximum Gasteiger partial charge on any atom is 0.249 e. The summed E-state index contributed by atoms with van der Waals surface area (Å²) < 4.78 is 2.15. The highest BCUT2D eigenvalue weighted by Gasteiger charge is 2.33. The molecule has 1 aromatic carbocycles. The molecule has 1 aliphatic heterocycles. The largest absolute Gasteiger partial charge is 0.387 e. The van der Waals surface area contributed by atoms with E-state index in [0.717, 1.165) is 22.9 Å². The van der Waals surface area contributed by atoms with Crippen molar-refractivity contribution in [1.29, 1.82) is 0 Å². The number of aliphatic hydroxyl groups excluding tert-OH is 1. The van der Waals surface area contributed by atoms with Crippen LogP contribution in [0.3, 0.4) is 0 Å². The minimum Gasteiger partial charge on any atom is -0.387 e. The van der Waals surface area contributed by atoms with E-state index in [2.05, 4.69) is 28.4 Å². The van der Waals surface area contributed by atoms with Crippen LogP contribution in [0.2, 0.25) is 0 Å². The number of nitrogens with zero attached hydrogens (tertiary/aromatic N) is 7. The zero-order valence-corrected chi connectivity index (χ0v) is 19.7. The van der Waals surface area contributed by atoms with Crippen LogP contribution in [-0.2, 0) is 4.79 Å². The lowest BCUT2D eigenvalue weighted by atomic mass is 10.2. The number of aromatic nitrogens is 4. The monoisotopic (exact) mass is 469 g/mol. The molecule has 0 bridgehead atoms. The van der Waals surface area contributed by atoms with Gasteiger partial charge in [-0.2, -0.15) is 0 Å². The van der Waals surface area contributed by atoms with Gasteiger partial charge in [0, 0.05) is 25.3 Å². The lowest BCUT2D eigenvalue weighted by Crippen LogP contribution is -2.57. The van der Waals surface area contributed by atoms with Crippen molar-refractivity contribution in [1.82, 2.24) is 29.4 Å². The summed E-state index contributed by atoms with van der Waals surface area (Å²) in [5.74, 6) is 1.05. The van der Waals surface area contributed by atoms with Gasteiger partial charge in [-0.3, -0.25) is 4.79 Å². The van der Waals surface area contributed by atoms with Crippen LogP contribution in [0.5, 0.6) is 0 Å². The van der Waals surface area contributed by atoms with Gasteiger partial charge in [0.05, 0.1) is 29.8 Å². The molecule has 10 heteroatoms. The summed E-state index contributed by atoms with van der Waals surface area (Å²) in [6.45, 7) is 6.92. The van der Waals surface area contributed by atoms with Crippen molar-refractivity contribution in [3.8, 4) is 11.4 Å². The van der Waals surface area contributed by atoms with Gasteiger partial charge in [-0.05, 0) is 39.0 Å². The molecule has 174 valence electrons. The van der Waals surface area contributed by atoms with E-state index in [1.54, 1.807) is 6.20 Å². The first-order valence-corrected chi connectivity index (χ1v) is 11.4. The number of hydrogen-bond donors (Lipinski definition) is 1. The third kappa shape index (κ3) is 4.71. The van der Waals surface area contributed by atoms with Crippen LogP contribution in [0.15, 0.2) is 48.8 Å². The van der Waals surface area contributed by atoms with Gasteiger partial charge >= 0.3 is 0 Å². The third-order valence-corrected chi connectivity index (χ3v) is 6.00. The number of aryl methyl sites for hydroxylation is 1. The van der Waals surface area contributed by atoms with Crippen molar-refractivity contribution < 1.29 is 9.90 Å². The van der Waals surface area contributed by atoms with Gasteiger partial charge in [0.1, 0.15) is 17.9 Å². The Balaban J connectivity index is 1.72. The summed E-state index contributed by atoms with van der Waals surface area (Å²) in [6, 6.07) is 11.9. The highest BCUT2D eigenvalue weighted by Crippen LogP contribution is 2.30. The number of amides is 1. The highest BCUT2D eigenvalue weighted by atomic mass is 35.5. The number of carbonyl (C=O) groups excluding carboxylic acids is 1. The number of para-hydroxylation sites is 1. The number of alkyl halides is 1. The molecule has 1 aliphatic rings. The standard InChI is InChI=1S/C23H28ClN7O2/c1-16(2)30-17(3)26-13-20(30)19-9-10-25-23(27-19)31(18-7-5-4-6-8-18)28-11-12-29(21(24)14-28)22(33)15-32/h4-10,13,16,21,32H,11-12,14-15H2,1-3H3. The van der Waals surface area contributed by atoms with Crippen molar-refractivity contribution in [2.24, 2.45) is 0 Å². The topological polar surface area (TPSA) is 90.6 Å². The summed E-state index contributed by atoms with van der Waals surface area (Å²) in [5, 5.41) is 13.2. The molecular weight excluding hydrogens is 442 g/mol. The van der Waals surface area contributed by atoms with Gasteiger partial charge in [-0.25, -0.2) is 25.0 Å². The van der Waals surface area contributed by atoms with Gasteiger partial charge < -0.3 is 14.6 Å². The molecule has 0 spiro atoms. The number of halogens is 1. The molecule has 0 saturated carbocycles. The van der Waals surface area contributed by atoms with E-state index in [4.69, 9.17) is 16.6 Å². The van der Waals surface area contributed by atoms with E-state index in [1.807, 2.05) is 59.5 Å². The van der Waals surface area contributed by atoms with Crippen LogP contribution >= 0.6 is 11.6 Å². The first-order chi connectivity index (χ1) is 15.9.